The van der Waals surface area contributed by atoms with E-state index in [9.17, 15) is 9.90 Å². The lowest BCUT2D eigenvalue weighted by Gasteiger charge is -2.27. The third kappa shape index (κ3) is 3.35. The summed E-state index contributed by atoms with van der Waals surface area (Å²) in [5.74, 6) is 0.913. The number of amides is 1. The summed E-state index contributed by atoms with van der Waals surface area (Å²) in [6.45, 7) is 0.947. The number of aliphatic hydroxyl groups excluding tert-OH is 1. The summed E-state index contributed by atoms with van der Waals surface area (Å²) in [5.41, 5.74) is 0.478. The molecule has 1 aromatic rings. The van der Waals surface area contributed by atoms with Crippen molar-refractivity contribution in [3.8, 4) is 11.5 Å². The lowest BCUT2D eigenvalue weighted by atomic mass is 9.94. The fraction of sp³-hybridized carbons (Fsp3) is 0.588. The van der Waals surface area contributed by atoms with Crippen molar-refractivity contribution in [3.05, 3.63) is 23.8 Å². The highest BCUT2D eigenvalue weighted by molar-refractivity contribution is 5.98. The van der Waals surface area contributed by atoms with Crippen LogP contribution in [0.3, 0.4) is 0 Å². The van der Waals surface area contributed by atoms with Crippen LogP contribution in [-0.4, -0.2) is 36.4 Å². The number of rotatable bonds is 2. The molecule has 1 aromatic carbocycles. The zero-order valence-corrected chi connectivity index (χ0v) is 12.7. The highest BCUT2D eigenvalue weighted by atomic mass is 16.6. The van der Waals surface area contributed by atoms with E-state index in [-0.39, 0.29) is 11.9 Å². The van der Waals surface area contributed by atoms with E-state index in [0.717, 1.165) is 38.5 Å². The number of hydrogen-bond acceptors (Lipinski definition) is 4. The van der Waals surface area contributed by atoms with Gasteiger partial charge in [-0.1, -0.05) is 31.7 Å². The van der Waals surface area contributed by atoms with E-state index in [1.165, 1.54) is 0 Å². The minimum absolute atomic E-state index is 0.187. The van der Waals surface area contributed by atoms with Crippen molar-refractivity contribution in [2.24, 2.45) is 0 Å². The van der Waals surface area contributed by atoms with Gasteiger partial charge in [0.15, 0.2) is 11.5 Å². The molecule has 2 N–H and O–H groups in total. The number of hydrogen-bond donors (Lipinski definition) is 2. The van der Waals surface area contributed by atoms with E-state index in [2.05, 4.69) is 5.32 Å². The maximum atomic E-state index is 12.6. The van der Waals surface area contributed by atoms with Gasteiger partial charge in [0.1, 0.15) is 13.2 Å². The zero-order valence-electron chi connectivity index (χ0n) is 12.7. The molecule has 0 saturated heterocycles. The number of nitrogens with one attached hydrogen (secondary N) is 1. The van der Waals surface area contributed by atoms with Gasteiger partial charge >= 0.3 is 0 Å². The van der Waals surface area contributed by atoms with Gasteiger partial charge in [-0.15, -0.1) is 0 Å². The summed E-state index contributed by atoms with van der Waals surface area (Å²) in [4.78, 5) is 12.6. The molecule has 2 aliphatic rings. The van der Waals surface area contributed by atoms with Gasteiger partial charge in [-0.25, -0.2) is 0 Å². The number of fused-ring (bicyclic) bond motifs is 1. The number of benzene rings is 1. The second-order valence-electron chi connectivity index (χ2n) is 5.97. The molecule has 0 unspecified atom stereocenters. The molecular weight excluding hydrogens is 282 g/mol. The van der Waals surface area contributed by atoms with Gasteiger partial charge in [0, 0.05) is 0 Å². The summed E-state index contributed by atoms with van der Waals surface area (Å²) in [5, 5.41) is 13.2. The maximum absolute atomic E-state index is 12.6. The number of carbonyl (C=O) groups is 1. The minimum Gasteiger partial charge on any atom is -0.486 e. The van der Waals surface area contributed by atoms with E-state index in [1.807, 2.05) is 0 Å². The molecule has 3 rings (SSSR count). The Kier molecular flexibility index (Phi) is 4.83. The average Bonchev–Trinajstić information content (AvgIpc) is 2.54. The topological polar surface area (TPSA) is 67.8 Å². The molecule has 1 aliphatic heterocycles. The van der Waals surface area contributed by atoms with Crippen LogP contribution in [0.4, 0.5) is 0 Å². The predicted octanol–water partition coefficient (Wildman–Crippen LogP) is 2.27. The Morgan fingerprint density at radius 1 is 1.09 bits per heavy atom. The van der Waals surface area contributed by atoms with E-state index in [4.69, 9.17) is 9.47 Å². The Hall–Kier alpha value is -1.75. The number of carbonyl (C=O) groups excluding carboxylic acids is 1. The van der Waals surface area contributed by atoms with Gasteiger partial charge in [0.25, 0.3) is 5.91 Å². The first kappa shape index (κ1) is 15.2. The van der Waals surface area contributed by atoms with Crippen LogP contribution in [0, 0.1) is 0 Å². The van der Waals surface area contributed by atoms with E-state index < -0.39 is 6.10 Å². The Bertz CT molecular complexity index is 531. The zero-order chi connectivity index (χ0) is 15.4. The molecule has 1 heterocycles. The Balaban J connectivity index is 1.73. The summed E-state index contributed by atoms with van der Waals surface area (Å²) >= 11 is 0. The van der Waals surface area contributed by atoms with Crippen LogP contribution in [-0.2, 0) is 0 Å². The van der Waals surface area contributed by atoms with Crippen molar-refractivity contribution in [2.75, 3.05) is 13.2 Å². The van der Waals surface area contributed by atoms with Crippen LogP contribution < -0.4 is 14.8 Å². The lowest BCUT2D eigenvalue weighted by Crippen LogP contribution is -2.44. The van der Waals surface area contributed by atoms with Crippen molar-refractivity contribution >= 4 is 5.91 Å². The number of para-hydroxylation sites is 1. The van der Waals surface area contributed by atoms with E-state index in [1.54, 1.807) is 18.2 Å². The summed E-state index contributed by atoms with van der Waals surface area (Å²) in [7, 11) is 0. The molecule has 120 valence electrons. The van der Waals surface area contributed by atoms with Crippen molar-refractivity contribution in [1.29, 1.82) is 0 Å². The van der Waals surface area contributed by atoms with Gasteiger partial charge in [-0.05, 0) is 25.0 Å². The van der Waals surface area contributed by atoms with E-state index >= 15 is 0 Å². The van der Waals surface area contributed by atoms with Crippen molar-refractivity contribution in [3.63, 3.8) is 0 Å². The highest BCUT2D eigenvalue weighted by Gasteiger charge is 2.26. The number of aliphatic hydroxyl groups is 1. The Labute approximate surface area is 130 Å². The average molecular weight is 305 g/mol. The minimum atomic E-state index is -0.471. The van der Waals surface area contributed by atoms with Gasteiger partial charge in [0.05, 0.1) is 17.7 Å². The van der Waals surface area contributed by atoms with Crippen LogP contribution in [0.25, 0.3) is 0 Å². The summed E-state index contributed by atoms with van der Waals surface area (Å²) in [6.07, 6.45) is 5.48. The van der Waals surface area contributed by atoms with Crippen LogP contribution in [0.2, 0.25) is 0 Å². The molecule has 1 amide bonds. The molecule has 0 spiro atoms. The van der Waals surface area contributed by atoms with Crippen LogP contribution in [0.15, 0.2) is 18.2 Å². The second-order valence-corrected chi connectivity index (χ2v) is 5.97. The summed E-state index contributed by atoms with van der Waals surface area (Å²) < 4.78 is 11.1. The molecule has 0 aromatic heterocycles. The Morgan fingerprint density at radius 3 is 2.73 bits per heavy atom. The molecule has 1 aliphatic carbocycles. The predicted molar refractivity (Wildman–Crippen MR) is 82.4 cm³/mol. The molecular formula is C17H23NO4. The molecule has 5 heteroatoms. The van der Waals surface area contributed by atoms with E-state index in [0.29, 0.717) is 30.3 Å². The SMILES string of the molecule is O=C(N[C@H]1CCCCCC[C@@H]1O)c1cccc2c1OCCO2. The second kappa shape index (κ2) is 7.01. The molecule has 22 heavy (non-hydrogen) atoms. The largest absolute Gasteiger partial charge is 0.486 e. The molecule has 5 nitrogen and oxygen atoms in total. The molecule has 0 radical (unpaired) electrons. The van der Waals surface area contributed by atoms with Crippen LogP contribution >= 0.6 is 0 Å². The molecule has 0 bridgehead atoms. The smallest absolute Gasteiger partial charge is 0.255 e. The Morgan fingerprint density at radius 2 is 1.86 bits per heavy atom. The fourth-order valence-corrected chi connectivity index (χ4v) is 3.13. The third-order valence-corrected chi connectivity index (χ3v) is 4.36. The van der Waals surface area contributed by atoms with Crippen molar-refractivity contribution in [1.82, 2.24) is 5.32 Å². The molecule has 1 fully saturated rings. The third-order valence-electron chi connectivity index (χ3n) is 4.36. The molecule has 2 atom stereocenters. The maximum Gasteiger partial charge on any atom is 0.255 e. The monoisotopic (exact) mass is 305 g/mol. The quantitative estimate of drug-likeness (QED) is 0.879. The van der Waals surface area contributed by atoms with Gasteiger partial charge < -0.3 is 19.9 Å². The fourth-order valence-electron chi connectivity index (χ4n) is 3.13. The summed E-state index contributed by atoms with van der Waals surface area (Å²) in [6, 6.07) is 5.14. The normalized spacial score (nSPS) is 25.0. The molecule has 1 saturated carbocycles. The van der Waals surface area contributed by atoms with Gasteiger partial charge in [0.2, 0.25) is 0 Å². The first-order chi connectivity index (χ1) is 10.8. The van der Waals surface area contributed by atoms with Gasteiger partial charge in [-0.2, -0.15) is 0 Å². The lowest BCUT2D eigenvalue weighted by molar-refractivity contribution is 0.0763. The first-order valence-electron chi connectivity index (χ1n) is 8.13. The first-order valence-corrected chi connectivity index (χ1v) is 8.13. The van der Waals surface area contributed by atoms with Crippen molar-refractivity contribution < 1.29 is 19.4 Å². The van der Waals surface area contributed by atoms with Gasteiger partial charge in [-0.3, -0.25) is 4.79 Å². The highest BCUT2D eigenvalue weighted by Crippen LogP contribution is 2.33. The van der Waals surface area contributed by atoms with Crippen molar-refractivity contribution in [2.45, 2.75) is 50.7 Å². The standard InChI is InChI=1S/C17H23NO4/c19-14-8-4-2-1-3-7-13(14)18-17(20)12-6-5-9-15-16(12)22-11-10-21-15/h5-6,9,13-14,19H,1-4,7-8,10-11H2,(H,18,20)/t13-,14-/m0/s1. The van der Waals surface area contributed by atoms with Crippen LogP contribution in [0.5, 0.6) is 11.5 Å². The number of ether oxygens (including phenoxy) is 2. The van der Waals surface area contributed by atoms with Crippen LogP contribution in [0.1, 0.15) is 48.9 Å².